The Kier molecular flexibility index (Phi) is 5.17. The maximum atomic E-state index is 12.3. The van der Waals surface area contributed by atoms with Crippen LogP contribution >= 0.6 is 11.3 Å². The fourth-order valence-electron chi connectivity index (χ4n) is 2.73. The zero-order valence-electron chi connectivity index (χ0n) is 11.7. The number of rotatable bonds is 6. The average Bonchev–Trinajstić information content (AvgIpc) is 2.85. The van der Waals surface area contributed by atoms with E-state index in [2.05, 4.69) is 16.8 Å². The highest BCUT2D eigenvalue weighted by Gasteiger charge is 2.27. The molecule has 0 saturated carbocycles. The van der Waals surface area contributed by atoms with Crippen molar-refractivity contribution in [2.45, 2.75) is 57.4 Å². The van der Waals surface area contributed by atoms with E-state index in [4.69, 9.17) is 5.11 Å². The molecule has 1 aromatic heterocycles. The van der Waals surface area contributed by atoms with Crippen molar-refractivity contribution in [2.24, 2.45) is 0 Å². The highest BCUT2D eigenvalue weighted by atomic mass is 32.1. The lowest BCUT2D eigenvalue weighted by molar-refractivity contribution is -0.137. The molecule has 1 aromatic rings. The number of thiophene rings is 1. The number of nitrogens with one attached hydrogen (secondary N) is 1. The van der Waals surface area contributed by atoms with Crippen molar-refractivity contribution in [3.05, 3.63) is 21.9 Å². The van der Waals surface area contributed by atoms with Crippen LogP contribution in [0.3, 0.4) is 0 Å². The summed E-state index contributed by atoms with van der Waals surface area (Å²) in [7, 11) is 0. The Bertz CT molecular complexity index is 483. The molecule has 1 heterocycles. The van der Waals surface area contributed by atoms with Gasteiger partial charge in [0.2, 0.25) is 5.91 Å². The second-order valence-corrected chi connectivity index (χ2v) is 6.44. The molecule has 2 rings (SSSR count). The summed E-state index contributed by atoms with van der Waals surface area (Å²) >= 11 is 1.74. The highest BCUT2D eigenvalue weighted by Crippen LogP contribution is 2.35. The lowest BCUT2D eigenvalue weighted by atomic mass is 9.87. The maximum Gasteiger partial charge on any atom is 0.303 e. The molecule has 0 saturated heterocycles. The molecule has 1 aliphatic carbocycles. The fourth-order valence-corrected chi connectivity index (χ4v) is 3.72. The zero-order valence-corrected chi connectivity index (χ0v) is 12.5. The summed E-state index contributed by atoms with van der Waals surface area (Å²) in [5, 5.41) is 13.7. The molecule has 20 heavy (non-hydrogen) atoms. The van der Waals surface area contributed by atoms with Gasteiger partial charge in [-0.2, -0.15) is 0 Å². The molecule has 1 aliphatic rings. The third kappa shape index (κ3) is 3.82. The minimum atomic E-state index is -0.779. The summed E-state index contributed by atoms with van der Waals surface area (Å²) in [5.74, 6) is -0.710. The van der Waals surface area contributed by atoms with Crippen LogP contribution in [0.25, 0.3) is 0 Å². The van der Waals surface area contributed by atoms with E-state index in [1.807, 2.05) is 6.92 Å². The van der Waals surface area contributed by atoms with Crippen molar-refractivity contribution in [1.29, 1.82) is 0 Å². The molecule has 0 bridgehead atoms. The van der Waals surface area contributed by atoms with Gasteiger partial charge in [-0.05, 0) is 56.0 Å². The number of hydrogen-bond donors (Lipinski definition) is 2. The minimum Gasteiger partial charge on any atom is -0.481 e. The highest BCUT2D eigenvalue weighted by molar-refractivity contribution is 7.10. The van der Waals surface area contributed by atoms with Crippen molar-refractivity contribution >= 4 is 23.2 Å². The first-order valence-electron chi connectivity index (χ1n) is 7.16. The lowest BCUT2D eigenvalue weighted by Crippen LogP contribution is -2.37. The van der Waals surface area contributed by atoms with Gasteiger partial charge in [0, 0.05) is 17.3 Å². The summed E-state index contributed by atoms with van der Waals surface area (Å²) in [6, 6.07) is 2.10. The van der Waals surface area contributed by atoms with Crippen molar-refractivity contribution < 1.29 is 14.7 Å². The van der Waals surface area contributed by atoms with Gasteiger partial charge in [0.25, 0.3) is 0 Å². The van der Waals surface area contributed by atoms with Crippen LogP contribution in [0.4, 0.5) is 0 Å². The van der Waals surface area contributed by atoms with E-state index in [1.54, 1.807) is 11.3 Å². The molecular weight excluding hydrogens is 274 g/mol. The number of fused-ring (bicyclic) bond motifs is 1. The van der Waals surface area contributed by atoms with Gasteiger partial charge in [-0.1, -0.05) is 0 Å². The molecule has 110 valence electrons. The first-order valence-corrected chi connectivity index (χ1v) is 8.04. The van der Waals surface area contributed by atoms with Crippen LogP contribution in [0.5, 0.6) is 0 Å². The van der Waals surface area contributed by atoms with Crippen LogP contribution in [0.15, 0.2) is 11.4 Å². The van der Waals surface area contributed by atoms with E-state index in [0.717, 1.165) is 19.3 Å². The summed E-state index contributed by atoms with van der Waals surface area (Å²) in [6.07, 6.45) is 4.55. The molecule has 5 heteroatoms. The van der Waals surface area contributed by atoms with Crippen LogP contribution in [-0.4, -0.2) is 23.0 Å². The topological polar surface area (TPSA) is 66.4 Å². The normalized spacial score (nSPS) is 19.1. The zero-order chi connectivity index (χ0) is 14.5. The largest absolute Gasteiger partial charge is 0.481 e. The molecule has 0 spiro atoms. The monoisotopic (exact) mass is 295 g/mol. The van der Waals surface area contributed by atoms with Gasteiger partial charge in [0.15, 0.2) is 0 Å². The first-order chi connectivity index (χ1) is 9.58. The van der Waals surface area contributed by atoms with E-state index in [-0.39, 0.29) is 24.3 Å². The molecule has 0 aliphatic heterocycles. The molecule has 2 unspecified atom stereocenters. The maximum absolute atomic E-state index is 12.3. The smallest absolute Gasteiger partial charge is 0.303 e. The van der Waals surface area contributed by atoms with Gasteiger partial charge >= 0.3 is 5.97 Å². The lowest BCUT2D eigenvalue weighted by Gasteiger charge is -2.24. The molecule has 2 N–H and O–H groups in total. The van der Waals surface area contributed by atoms with E-state index >= 15 is 0 Å². The third-order valence-electron chi connectivity index (χ3n) is 3.78. The van der Waals surface area contributed by atoms with E-state index < -0.39 is 5.97 Å². The Hall–Kier alpha value is -1.36. The Balaban J connectivity index is 1.85. The fraction of sp³-hybridized carbons (Fsp3) is 0.600. The number of aliphatic carboxylic acids is 1. The van der Waals surface area contributed by atoms with Gasteiger partial charge in [0.05, 0.1) is 5.92 Å². The average molecular weight is 295 g/mol. The summed E-state index contributed by atoms with van der Waals surface area (Å²) in [5.41, 5.74) is 1.19. The Labute approximate surface area is 123 Å². The number of hydrogen-bond acceptors (Lipinski definition) is 3. The number of carboxylic acid groups (broad SMARTS) is 1. The first kappa shape index (κ1) is 15.0. The molecule has 2 atom stereocenters. The molecule has 0 aromatic carbocycles. The molecule has 1 amide bonds. The second kappa shape index (κ2) is 6.88. The summed E-state index contributed by atoms with van der Waals surface area (Å²) in [6.45, 7) is 1.94. The number of aryl methyl sites for hydroxylation is 1. The Morgan fingerprint density at radius 1 is 1.55 bits per heavy atom. The van der Waals surface area contributed by atoms with Crippen molar-refractivity contribution in [2.75, 3.05) is 0 Å². The molecule has 0 fully saturated rings. The van der Waals surface area contributed by atoms with Crippen LogP contribution in [0, 0.1) is 0 Å². The Morgan fingerprint density at radius 2 is 2.35 bits per heavy atom. The van der Waals surface area contributed by atoms with Crippen LogP contribution in [-0.2, 0) is 16.0 Å². The summed E-state index contributed by atoms with van der Waals surface area (Å²) in [4.78, 5) is 24.2. The predicted octanol–water partition coefficient (Wildman–Crippen LogP) is 2.93. The molecule has 4 nitrogen and oxygen atoms in total. The number of carbonyl (C=O) groups is 2. The number of carbonyl (C=O) groups excluding carboxylic acids is 1. The van der Waals surface area contributed by atoms with Crippen LogP contribution in [0.1, 0.15) is 55.4 Å². The van der Waals surface area contributed by atoms with E-state index in [1.165, 1.54) is 10.4 Å². The van der Waals surface area contributed by atoms with Crippen LogP contribution in [0.2, 0.25) is 0 Å². The van der Waals surface area contributed by atoms with Crippen LogP contribution < -0.4 is 5.32 Å². The van der Waals surface area contributed by atoms with Gasteiger partial charge in [-0.15, -0.1) is 11.3 Å². The van der Waals surface area contributed by atoms with Gasteiger partial charge in [-0.25, -0.2) is 0 Å². The van der Waals surface area contributed by atoms with Gasteiger partial charge < -0.3 is 10.4 Å². The van der Waals surface area contributed by atoms with Crippen molar-refractivity contribution in [1.82, 2.24) is 5.32 Å². The molecule has 0 radical (unpaired) electrons. The van der Waals surface area contributed by atoms with Crippen molar-refractivity contribution in [3.8, 4) is 0 Å². The van der Waals surface area contributed by atoms with Gasteiger partial charge in [-0.3, -0.25) is 9.59 Å². The number of carboxylic acids is 1. The van der Waals surface area contributed by atoms with E-state index in [0.29, 0.717) is 12.8 Å². The SMILES string of the molecule is CC(CCCC(=O)O)NC(=O)C1CCCc2sccc21. The Morgan fingerprint density at radius 3 is 3.10 bits per heavy atom. The van der Waals surface area contributed by atoms with Gasteiger partial charge in [0.1, 0.15) is 0 Å². The minimum absolute atomic E-state index is 0.0214. The van der Waals surface area contributed by atoms with E-state index in [9.17, 15) is 9.59 Å². The quantitative estimate of drug-likeness (QED) is 0.848. The standard InChI is InChI=1S/C15H21NO3S/c1-10(4-2-7-14(17)18)16-15(19)12-5-3-6-13-11(12)8-9-20-13/h8-10,12H,2-7H2,1H3,(H,16,19)(H,17,18). The predicted molar refractivity (Wildman–Crippen MR) is 79.1 cm³/mol. The second-order valence-electron chi connectivity index (χ2n) is 5.44. The molecular formula is C15H21NO3S. The third-order valence-corrected chi connectivity index (χ3v) is 4.78. The number of amides is 1. The van der Waals surface area contributed by atoms with Crippen molar-refractivity contribution in [3.63, 3.8) is 0 Å². The summed E-state index contributed by atoms with van der Waals surface area (Å²) < 4.78 is 0.